The summed E-state index contributed by atoms with van der Waals surface area (Å²) in [4.78, 5) is 36.6. The zero-order chi connectivity index (χ0) is 22.9. The molecule has 2 aromatic carbocycles. The molecule has 0 aliphatic heterocycles. The molecule has 0 aliphatic rings. The van der Waals surface area contributed by atoms with Gasteiger partial charge in [0.05, 0.1) is 10.5 Å². The van der Waals surface area contributed by atoms with Crippen molar-refractivity contribution in [2.45, 2.75) is 52.5 Å². The number of carbonyl (C=O) groups is 2. The molecule has 0 atom stereocenters. The number of amides is 2. The summed E-state index contributed by atoms with van der Waals surface area (Å²) in [6.07, 6.45) is 0. The third-order valence-electron chi connectivity index (χ3n) is 4.49. The van der Waals surface area contributed by atoms with Crippen molar-refractivity contribution >= 4 is 29.1 Å². The molecular weight excluding hydrogens is 406 g/mol. The Bertz CT molecular complexity index is 973. The normalized spacial score (nSPS) is 11.7. The van der Waals surface area contributed by atoms with Gasteiger partial charge in [-0.15, -0.1) is 0 Å². The number of carbonyl (C=O) groups excluding carboxylic acids is 2. The van der Waals surface area contributed by atoms with Crippen LogP contribution in [0.4, 0.5) is 5.69 Å². The van der Waals surface area contributed by atoms with E-state index in [1.165, 1.54) is 17.1 Å². The summed E-state index contributed by atoms with van der Waals surface area (Å²) < 4.78 is 0. The Morgan fingerprint density at radius 2 is 1.57 bits per heavy atom. The summed E-state index contributed by atoms with van der Waals surface area (Å²) in [6, 6.07) is 10.9. The van der Waals surface area contributed by atoms with Gasteiger partial charge < -0.3 is 0 Å². The largest absolute Gasteiger partial charge is 0.283 e. The maximum atomic E-state index is 13.1. The first-order valence-corrected chi connectivity index (χ1v) is 9.79. The van der Waals surface area contributed by atoms with Crippen LogP contribution in [-0.4, -0.2) is 27.3 Å². The molecule has 2 rings (SSSR count). The van der Waals surface area contributed by atoms with Gasteiger partial charge in [-0.1, -0.05) is 44.5 Å². The molecule has 7 nitrogen and oxygen atoms in total. The minimum Gasteiger partial charge on any atom is -0.267 e. The van der Waals surface area contributed by atoms with Gasteiger partial charge in [-0.05, 0) is 56.0 Å². The molecule has 2 amide bonds. The third-order valence-corrected chi connectivity index (χ3v) is 4.72. The lowest BCUT2D eigenvalue weighted by Crippen LogP contribution is -2.56. The Labute approximate surface area is 181 Å². The number of nitro benzene ring substituents is 1. The number of halogens is 1. The van der Waals surface area contributed by atoms with Crippen molar-refractivity contribution in [1.29, 1.82) is 0 Å². The van der Waals surface area contributed by atoms with Crippen molar-refractivity contribution < 1.29 is 14.5 Å². The van der Waals surface area contributed by atoms with Crippen LogP contribution >= 0.6 is 11.6 Å². The molecule has 8 heteroatoms. The molecule has 0 aromatic heterocycles. The number of hydrazine groups is 1. The third kappa shape index (κ3) is 5.36. The maximum absolute atomic E-state index is 13.1. The van der Waals surface area contributed by atoms with Crippen LogP contribution in [0.1, 0.15) is 67.8 Å². The Morgan fingerprint density at radius 3 is 2.03 bits per heavy atom. The first-order valence-electron chi connectivity index (χ1n) is 9.42. The van der Waals surface area contributed by atoms with Crippen LogP contribution in [-0.2, 0) is 5.41 Å². The van der Waals surface area contributed by atoms with Gasteiger partial charge in [0, 0.05) is 16.7 Å². The van der Waals surface area contributed by atoms with Crippen LogP contribution in [0, 0.1) is 10.1 Å². The van der Waals surface area contributed by atoms with E-state index in [9.17, 15) is 19.7 Å². The van der Waals surface area contributed by atoms with Crippen molar-refractivity contribution in [2.24, 2.45) is 0 Å². The predicted octanol–water partition coefficient (Wildman–Crippen LogP) is 5.13. The second-order valence-corrected chi connectivity index (χ2v) is 9.43. The van der Waals surface area contributed by atoms with E-state index in [1.54, 1.807) is 32.9 Å². The van der Waals surface area contributed by atoms with Crippen LogP contribution in [0.25, 0.3) is 0 Å². The number of nitrogens with one attached hydrogen (secondary N) is 1. The lowest BCUT2D eigenvalue weighted by Gasteiger charge is -2.35. The van der Waals surface area contributed by atoms with Gasteiger partial charge in [0.25, 0.3) is 17.5 Å². The fraction of sp³-hybridized carbons (Fsp3) is 0.364. The van der Waals surface area contributed by atoms with Gasteiger partial charge >= 0.3 is 0 Å². The molecule has 1 N–H and O–H groups in total. The van der Waals surface area contributed by atoms with Gasteiger partial charge in [-0.25, -0.2) is 5.01 Å². The van der Waals surface area contributed by atoms with Crippen molar-refractivity contribution in [3.63, 3.8) is 0 Å². The first kappa shape index (κ1) is 23.3. The summed E-state index contributed by atoms with van der Waals surface area (Å²) in [6.45, 7) is 11.5. The minimum absolute atomic E-state index is 0.0625. The molecule has 0 saturated heterocycles. The topological polar surface area (TPSA) is 92.6 Å². The fourth-order valence-corrected chi connectivity index (χ4v) is 2.94. The van der Waals surface area contributed by atoms with E-state index < -0.39 is 28.0 Å². The van der Waals surface area contributed by atoms with Crippen LogP contribution in [0.2, 0.25) is 5.02 Å². The molecule has 0 saturated carbocycles. The van der Waals surface area contributed by atoms with Crippen molar-refractivity contribution in [1.82, 2.24) is 10.4 Å². The van der Waals surface area contributed by atoms with Gasteiger partial charge in [0.1, 0.15) is 5.56 Å². The Morgan fingerprint density at radius 1 is 1.00 bits per heavy atom. The van der Waals surface area contributed by atoms with Crippen LogP contribution in [0.3, 0.4) is 0 Å². The molecule has 0 unspecified atom stereocenters. The van der Waals surface area contributed by atoms with Crippen LogP contribution in [0.5, 0.6) is 0 Å². The second kappa shape index (κ2) is 8.44. The monoisotopic (exact) mass is 431 g/mol. The molecule has 0 aliphatic carbocycles. The van der Waals surface area contributed by atoms with Gasteiger partial charge in [0.15, 0.2) is 0 Å². The Kier molecular flexibility index (Phi) is 6.57. The summed E-state index contributed by atoms with van der Waals surface area (Å²) in [5.74, 6) is -1.19. The van der Waals surface area contributed by atoms with Crippen molar-refractivity contribution in [3.8, 4) is 0 Å². The van der Waals surface area contributed by atoms with Crippen LogP contribution in [0.15, 0.2) is 42.5 Å². The average Bonchev–Trinajstić information content (AvgIpc) is 2.63. The highest BCUT2D eigenvalue weighted by molar-refractivity contribution is 6.31. The highest BCUT2D eigenvalue weighted by Crippen LogP contribution is 2.25. The second-order valence-electron chi connectivity index (χ2n) is 9.00. The maximum Gasteiger partial charge on any atom is 0.283 e. The van der Waals surface area contributed by atoms with E-state index >= 15 is 0 Å². The number of hydrogen-bond acceptors (Lipinski definition) is 4. The van der Waals surface area contributed by atoms with E-state index in [-0.39, 0.29) is 16.0 Å². The smallest absolute Gasteiger partial charge is 0.267 e. The van der Waals surface area contributed by atoms with E-state index in [4.69, 9.17) is 11.6 Å². The highest BCUT2D eigenvalue weighted by atomic mass is 35.5. The summed E-state index contributed by atoms with van der Waals surface area (Å²) in [5, 5.41) is 12.6. The Balaban J connectivity index is 2.37. The first-order chi connectivity index (χ1) is 13.7. The van der Waals surface area contributed by atoms with Gasteiger partial charge in [0.2, 0.25) is 0 Å². The predicted molar refractivity (Wildman–Crippen MR) is 117 cm³/mol. The van der Waals surface area contributed by atoms with E-state index in [0.717, 1.165) is 11.6 Å². The van der Waals surface area contributed by atoms with Gasteiger partial charge in [-0.2, -0.15) is 0 Å². The molecule has 0 radical (unpaired) electrons. The summed E-state index contributed by atoms with van der Waals surface area (Å²) >= 11 is 5.82. The SMILES string of the molecule is CC(C)(C)c1ccc(C(=O)N(NC(=O)c2ccc(Cl)cc2[N+](=O)[O-])C(C)(C)C)cc1. The molecule has 0 fully saturated rings. The minimum atomic E-state index is -0.781. The molecule has 160 valence electrons. The number of nitrogens with zero attached hydrogens (tertiary/aromatic N) is 2. The molecule has 30 heavy (non-hydrogen) atoms. The van der Waals surface area contributed by atoms with Crippen molar-refractivity contribution in [2.75, 3.05) is 0 Å². The molecule has 0 heterocycles. The van der Waals surface area contributed by atoms with E-state index in [2.05, 4.69) is 26.2 Å². The fourth-order valence-electron chi connectivity index (χ4n) is 2.77. The molecular formula is C22H26ClN3O4. The zero-order valence-electron chi connectivity index (χ0n) is 17.9. The molecule has 0 bridgehead atoms. The number of nitro groups is 1. The van der Waals surface area contributed by atoms with E-state index in [0.29, 0.717) is 5.56 Å². The Hall–Kier alpha value is -2.93. The van der Waals surface area contributed by atoms with E-state index in [1.807, 2.05) is 12.1 Å². The number of rotatable bonds is 3. The summed E-state index contributed by atoms with van der Waals surface area (Å²) in [5.41, 5.74) is 2.53. The number of benzene rings is 2. The number of hydrogen-bond donors (Lipinski definition) is 1. The zero-order valence-corrected chi connectivity index (χ0v) is 18.7. The lowest BCUT2D eigenvalue weighted by atomic mass is 9.86. The lowest BCUT2D eigenvalue weighted by molar-refractivity contribution is -0.385. The average molecular weight is 432 g/mol. The standard InChI is InChI=1S/C22H26ClN3O4/c1-21(2,3)15-9-7-14(8-10-15)20(28)25(22(4,5)6)24-19(27)17-12-11-16(23)13-18(17)26(29)30/h7-13H,1-6H3,(H,24,27). The highest BCUT2D eigenvalue weighted by Gasteiger charge is 2.31. The van der Waals surface area contributed by atoms with Gasteiger partial charge in [-0.3, -0.25) is 25.1 Å². The quantitative estimate of drug-likeness (QED) is 0.538. The molecule has 2 aromatic rings. The van der Waals surface area contributed by atoms with Crippen molar-refractivity contribution in [3.05, 3.63) is 74.3 Å². The summed E-state index contributed by atoms with van der Waals surface area (Å²) in [7, 11) is 0. The molecule has 0 spiro atoms. The van der Waals surface area contributed by atoms with Crippen LogP contribution < -0.4 is 5.43 Å².